The van der Waals surface area contributed by atoms with Crippen LogP contribution in [-0.2, 0) is 19.6 Å². The predicted molar refractivity (Wildman–Crippen MR) is 105 cm³/mol. The van der Waals surface area contributed by atoms with Gasteiger partial charge in [-0.3, -0.25) is 9.48 Å². The normalized spacial score (nSPS) is 21.9. The second-order valence-electron chi connectivity index (χ2n) is 6.98. The second-order valence-corrected chi connectivity index (χ2v) is 9.07. The molecule has 1 aromatic heterocycles. The third-order valence-corrected chi connectivity index (χ3v) is 6.40. The number of benzene rings is 1. The molecule has 3 atom stereocenters. The number of rotatable bonds is 7. The number of carbonyl (C=O) groups excluding carboxylic acids is 1. The number of carbonyl (C=O) groups is 1. The molecular formula is C19H26N4O4S. The van der Waals surface area contributed by atoms with Gasteiger partial charge in [0.1, 0.15) is 0 Å². The number of amides is 1. The fourth-order valence-electron chi connectivity index (χ4n) is 3.38. The van der Waals surface area contributed by atoms with Crippen molar-refractivity contribution in [1.29, 1.82) is 0 Å². The molecule has 1 aromatic carbocycles. The minimum Gasteiger partial charge on any atom is -0.373 e. The largest absolute Gasteiger partial charge is 0.373 e. The van der Waals surface area contributed by atoms with Gasteiger partial charge in [0.2, 0.25) is 15.9 Å². The van der Waals surface area contributed by atoms with Gasteiger partial charge in [-0.15, -0.1) is 0 Å². The molecule has 0 spiro atoms. The van der Waals surface area contributed by atoms with E-state index in [0.29, 0.717) is 13.1 Å². The lowest BCUT2D eigenvalue weighted by Gasteiger charge is -2.34. The first-order valence-corrected chi connectivity index (χ1v) is 10.9. The van der Waals surface area contributed by atoms with Crippen molar-refractivity contribution in [2.45, 2.75) is 32.1 Å². The topological polar surface area (TPSA) is 93.5 Å². The Bertz CT molecular complexity index is 861. The van der Waals surface area contributed by atoms with Crippen LogP contribution in [0.15, 0.2) is 48.8 Å². The molecule has 1 saturated heterocycles. The van der Waals surface area contributed by atoms with Crippen LogP contribution in [0.25, 0.3) is 0 Å². The van der Waals surface area contributed by atoms with Crippen molar-refractivity contribution in [1.82, 2.24) is 19.4 Å². The third kappa shape index (κ3) is 4.98. The highest BCUT2D eigenvalue weighted by Crippen LogP contribution is 2.18. The summed E-state index contributed by atoms with van der Waals surface area (Å²) in [5.74, 6) is -0.451. The van der Waals surface area contributed by atoms with Crippen molar-refractivity contribution < 1.29 is 17.9 Å². The van der Waals surface area contributed by atoms with E-state index in [0.717, 1.165) is 5.56 Å². The molecule has 28 heavy (non-hydrogen) atoms. The zero-order valence-electron chi connectivity index (χ0n) is 16.1. The van der Waals surface area contributed by atoms with Crippen LogP contribution in [0.1, 0.15) is 25.5 Å². The molecule has 0 aliphatic carbocycles. The number of sulfonamides is 1. The molecule has 152 valence electrons. The Balaban J connectivity index is 1.63. The number of hydrogen-bond acceptors (Lipinski definition) is 5. The van der Waals surface area contributed by atoms with E-state index in [4.69, 9.17) is 4.74 Å². The molecule has 1 aliphatic rings. The smallest absolute Gasteiger partial charge is 0.249 e. The summed E-state index contributed by atoms with van der Waals surface area (Å²) < 4.78 is 33.9. The average molecular weight is 407 g/mol. The van der Waals surface area contributed by atoms with Crippen molar-refractivity contribution in [2.24, 2.45) is 0 Å². The maximum atomic E-state index is 12.8. The van der Waals surface area contributed by atoms with E-state index in [1.165, 1.54) is 4.31 Å². The highest BCUT2D eigenvalue weighted by Gasteiger charge is 2.31. The maximum Gasteiger partial charge on any atom is 0.249 e. The quantitative estimate of drug-likeness (QED) is 0.741. The Morgan fingerprint density at radius 3 is 2.50 bits per heavy atom. The van der Waals surface area contributed by atoms with Crippen LogP contribution < -0.4 is 5.32 Å². The van der Waals surface area contributed by atoms with Crippen molar-refractivity contribution in [3.05, 3.63) is 54.4 Å². The van der Waals surface area contributed by atoms with E-state index in [-0.39, 0.29) is 30.4 Å². The van der Waals surface area contributed by atoms with Crippen LogP contribution in [0, 0.1) is 0 Å². The van der Waals surface area contributed by atoms with Crippen molar-refractivity contribution in [3.8, 4) is 0 Å². The predicted octanol–water partition coefficient (Wildman–Crippen LogP) is 1.03. The lowest BCUT2D eigenvalue weighted by Crippen LogP contribution is -2.50. The van der Waals surface area contributed by atoms with Crippen LogP contribution in [0.5, 0.6) is 0 Å². The maximum absolute atomic E-state index is 12.8. The van der Waals surface area contributed by atoms with Gasteiger partial charge in [0.25, 0.3) is 0 Å². The van der Waals surface area contributed by atoms with Crippen LogP contribution in [0.3, 0.4) is 0 Å². The van der Waals surface area contributed by atoms with Gasteiger partial charge in [-0.25, -0.2) is 8.42 Å². The Morgan fingerprint density at radius 2 is 1.89 bits per heavy atom. The van der Waals surface area contributed by atoms with Gasteiger partial charge in [0.05, 0.1) is 18.0 Å². The van der Waals surface area contributed by atoms with E-state index in [1.54, 1.807) is 23.1 Å². The summed E-state index contributed by atoms with van der Waals surface area (Å²) in [5, 5.41) is 6.93. The number of morpholine rings is 1. The lowest BCUT2D eigenvalue weighted by atomic mass is 10.1. The Kier molecular flexibility index (Phi) is 6.48. The minimum atomic E-state index is -3.47. The molecule has 3 rings (SSSR count). The van der Waals surface area contributed by atoms with Crippen LogP contribution in [0.4, 0.5) is 0 Å². The fourth-order valence-corrected chi connectivity index (χ4v) is 4.87. The molecule has 9 heteroatoms. The second kappa shape index (κ2) is 8.85. The molecule has 0 bridgehead atoms. The number of hydrogen-bond donors (Lipinski definition) is 1. The first kappa shape index (κ1) is 20.5. The molecule has 0 radical (unpaired) electrons. The molecule has 1 amide bonds. The number of nitrogens with zero attached hydrogens (tertiary/aromatic N) is 3. The summed E-state index contributed by atoms with van der Waals surface area (Å²) in [5.41, 5.74) is 0.780. The summed E-state index contributed by atoms with van der Waals surface area (Å²) in [6, 6.07) is 10.4. The third-order valence-electron chi connectivity index (χ3n) is 4.59. The van der Waals surface area contributed by atoms with E-state index in [9.17, 15) is 13.2 Å². The SMILES string of the molecule is CC1CN(S(=O)(=O)CCNC(=O)C(c2ccccc2)n2cccn2)CC(C)O1. The Hall–Kier alpha value is -2.23. The summed E-state index contributed by atoms with van der Waals surface area (Å²) in [6.45, 7) is 4.41. The van der Waals surface area contributed by atoms with Gasteiger partial charge in [0.15, 0.2) is 6.04 Å². The fraction of sp³-hybridized carbons (Fsp3) is 0.474. The first-order chi connectivity index (χ1) is 13.4. The van der Waals surface area contributed by atoms with Crippen molar-refractivity contribution in [3.63, 3.8) is 0 Å². The monoisotopic (exact) mass is 406 g/mol. The number of ether oxygens (including phenoxy) is 1. The van der Waals surface area contributed by atoms with Gasteiger partial charge < -0.3 is 10.1 Å². The molecule has 8 nitrogen and oxygen atoms in total. The Labute approximate surface area is 165 Å². The van der Waals surface area contributed by atoms with Gasteiger partial charge in [-0.2, -0.15) is 9.40 Å². The van der Waals surface area contributed by atoms with Crippen LogP contribution in [0.2, 0.25) is 0 Å². The van der Waals surface area contributed by atoms with Gasteiger partial charge in [-0.1, -0.05) is 30.3 Å². The van der Waals surface area contributed by atoms with E-state index in [1.807, 2.05) is 44.2 Å². The van der Waals surface area contributed by atoms with E-state index in [2.05, 4.69) is 10.4 Å². The van der Waals surface area contributed by atoms with E-state index < -0.39 is 16.1 Å². The highest BCUT2D eigenvalue weighted by atomic mass is 32.2. The van der Waals surface area contributed by atoms with Gasteiger partial charge >= 0.3 is 0 Å². The molecule has 1 aliphatic heterocycles. The van der Waals surface area contributed by atoms with Gasteiger partial charge in [0, 0.05) is 32.0 Å². The average Bonchev–Trinajstić information content (AvgIpc) is 3.16. The molecule has 2 aromatic rings. The zero-order valence-corrected chi connectivity index (χ0v) is 16.9. The number of nitrogens with one attached hydrogen (secondary N) is 1. The Morgan fingerprint density at radius 1 is 1.21 bits per heavy atom. The molecular weight excluding hydrogens is 380 g/mol. The molecule has 0 saturated carbocycles. The first-order valence-electron chi connectivity index (χ1n) is 9.32. The minimum absolute atomic E-state index is 0.0336. The summed E-state index contributed by atoms with van der Waals surface area (Å²) in [7, 11) is -3.47. The van der Waals surface area contributed by atoms with Crippen LogP contribution >= 0.6 is 0 Å². The van der Waals surface area contributed by atoms with Crippen LogP contribution in [-0.4, -0.2) is 66.0 Å². The zero-order chi connectivity index (χ0) is 20.1. The summed E-state index contributed by atoms with van der Waals surface area (Å²) >= 11 is 0. The summed E-state index contributed by atoms with van der Waals surface area (Å²) in [6.07, 6.45) is 3.03. The molecule has 3 unspecified atom stereocenters. The van der Waals surface area contributed by atoms with Gasteiger partial charge in [-0.05, 0) is 25.5 Å². The highest BCUT2D eigenvalue weighted by molar-refractivity contribution is 7.89. The standard InChI is InChI=1S/C19H26N4O4S/c1-15-13-22(14-16(2)27-15)28(25,26)12-10-20-19(24)18(23-11-6-9-21-23)17-7-4-3-5-8-17/h3-9,11,15-16,18H,10,12-14H2,1-2H3,(H,20,24). The summed E-state index contributed by atoms with van der Waals surface area (Å²) in [4.78, 5) is 12.8. The molecule has 1 fully saturated rings. The van der Waals surface area contributed by atoms with Crippen molar-refractivity contribution in [2.75, 3.05) is 25.4 Å². The lowest BCUT2D eigenvalue weighted by molar-refractivity contribution is -0.123. The molecule has 1 N–H and O–H groups in total. The van der Waals surface area contributed by atoms with E-state index >= 15 is 0 Å². The van der Waals surface area contributed by atoms with Crippen molar-refractivity contribution >= 4 is 15.9 Å². The number of aromatic nitrogens is 2. The molecule has 2 heterocycles.